The van der Waals surface area contributed by atoms with Gasteiger partial charge in [-0.3, -0.25) is 4.79 Å². The first-order chi connectivity index (χ1) is 12.4. The smallest absolute Gasteiger partial charge is 0.293 e. The van der Waals surface area contributed by atoms with E-state index >= 15 is 0 Å². The molecule has 2 aromatic heterocycles. The predicted octanol–water partition coefficient (Wildman–Crippen LogP) is 3.45. The summed E-state index contributed by atoms with van der Waals surface area (Å²) < 4.78 is 23.6. The molecular weight excluding hydrogens is 337 g/mol. The average Bonchev–Trinajstić information content (AvgIpc) is 3.06. The molecule has 1 N–H and O–H groups in total. The lowest BCUT2D eigenvalue weighted by Crippen LogP contribution is -2.37. The summed E-state index contributed by atoms with van der Waals surface area (Å²) in [6.45, 7) is 4.20. The lowest BCUT2D eigenvalue weighted by molar-refractivity contribution is -0.124. The number of carbonyl (C=O) groups is 1. The lowest BCUT2D eigenvalue weighted by Gasteiger charge is -2.20. The number of hydrogen-bond acceptors (Lipinski definition) is 5. The summed E-state index contributed by atoms with van der Waals surface area (Å²) in [5, 5.41) is 6.74. The first-order valence-electron chi connectivity index (χ1n) is 8.33. The summed E-state index contributed by atoms with van der Waals surface area (Å²) in [4.78, 5) is 17.1. The zero-order valence-corrected chi connectivity index (χ0v) is 14.5. The topological polar surface area (TPSA) is 81.2 Å². The van der Waals surface area contributed by atoms with Gasteiger partial charge in [0.1, 0.15) is 5.82 Å². The Bertz CT molecular complexity index is 931. The van der Waals surface area contributed by atoms with Gasteiger partial charge in [0.15, 0.2) is 11.6 Å². The van der Waals surface area contributed by atoms with Crippen molar-refractivity contribution in [1.29, 1.82) is 0 Å². The first kappa shape index (κ1) is 16.5. The Balaban J connectivity index is 1.49. The maximum absolute atomic E-state index is 13.2. The normalized spacial score (nSPS) is 20.7. The second-order valence-electron chi connectivity index (χ2n) is 7.15. The number of nitrogens with one attached hydrogen (secondary N) is 1. The quantitative estimate of drug-likeness (QED) is 0.758. The fourth-order valence-electron chi connectivity index (χ4n) is 3.50. The number of aromatic nitrogens is 2. The highest BCUT2D eigenvalue weighted by molar-refractivity contribution is 5.93. The van der Waals surface area contributed by atoms with E-state index in [1.165, 1.54) is 18.4 Å². The highest BCUT2D eigenvalue weighted by Gasteiger charge is 2.67. The molecule has 26 heavy (non-hydrogen) atoms. The number of hydrogen-bond donors (Lipinski definition) is 1. The average molecular weight is 355 g/mol. The van der Waals surface area contributed by atoms with Crippen LogP contribution in [0, 0.1) is 11.2 Å². The summed E-state index contributed by atoms with van der Waals surface area (Å²) in [5.74, 6) is 0.649. The third-order valence-corrected chi connectivity index (χ3v) is 5.07. The van der Waals surface area contributed by atoms with Crippen molar-refractivity contribution in [2.75, 3.05) is 0 Å². The molecule has 1 aromatic carbocycles. The summed E-state index contributed by atoms with van der Waals surface area (Å²) in [6, 6.07) is 9.55. The highest BCUT2D eigenvalue weighted by Crippen LogP contribution is 2.64. The van der Waals surface area contributed by atoms with Gasteiger partial charge < -0.3 is 14.3 Å². The molecule has 1 atom stereocenters. The van der Waals surface area contributed by atoms with Crippen molar-refractivity contribution in [3.63, 3.8) is 0 Å². The van der Waals surface area contributed by atoms with Gasteiger partial charge in [0.2, 0.25) is 5.91 Å². The Labute approximate surface area is 149 Å². The Morgan fingerprint density at radius 1 is 1.27 bits per heavy atom. The Hall–Kier alpha value is -2.96. The molecule has 7 heteroatoms. The zero-order chi connectivity index (χ0) is 18.4. The SMILES string of the molecule is CC1(C)CC1(C(=O)NCc1noc(-c2ccco2)n1)c1ccc(F)cc1. The number of carbonyl (C=O) groups excluding carboxylic acids is 1. The largest absolute Gasteiger partial charge is 0.459 e. The predicted molar refractivity (Wildman–Crippen MR) is 90.3 cm³/mol. The van der Waals surface area contributed by atoms with E-state index in [1.807, 2.05) is 13.8 Å². The molecule has 1 aliphatic carbocycles. The van der Waals surface area contributed by atoms with Crippen LogP contribution in [0.5, 0.6) is 0 Å². The summed E-state index contributed by atoms with van der Waals surface area (Å²) >= 11 is 0. The van der Waals surface area contributed by atoms with Crippen molar-refractivity contribution in [3.05, 3.63) is 59.9 Å². The van der Waals surface area contributed by atoms with E-state index in [2.05, 4.69) is 15.5 Å². The molecule has 134 valence electrons. The number of furan rings is 1. The summed E-state index contributed by atoms with van der Waals surface area (Å²) in [7, 11) is 0. The molecule has 6 nitrogen and oxygen atoms in total. The first-order valence-corrected chi connectivity index (χ1v) is 8.33. The van der Waals surface area contributed by atoms with E-state index in [4.69, 9.17) is 8.94 Å². The van der Waals surface area contributed by atoms with Crippen LogP contribution in [-0.4, -0.2) is 16.0 Å². The fraction of sp³-hybridized carbons (Fsp3) is 0.316. The molecule has 4 rings (SSSR count). The molecule has 2 heterocycles. The second kappa shape index (κ2) is 5.79. The van der Waals surface area contributed by atoms with Crippen molar-refractivity contribution in [1.82, 2.24) is 15.5 Å². The molecule has 3 aromatic rings. The van der Waals surface area contributed by atoms with E-state index in [0.29, 0.717) is 18.0 Å². The molecule has 0 radical (unpaired) electrons. The molecule has 1 unspecified atom stereocenters. The van der Waals surface area contributed by atoms with Crippen LogP contribution in [0.4, 0.5) is 4.39 Å². The van der Waals surface area contributed by atoms with Gasteiger partial charge in [0.25, 0.3) is 5.89 Å². The Morgan fingerprint density at radius 3 is 2.62 bits per heavy atom. The van der Waals surface area contributed by atoms with E-state index in [1.54, 1.807) is 24.3 Å². The number of amides is 1. The Kier molecular flexibility index (Phi) is 3.68. The second-order valence-corrected chi connectivity index (χ2v) is 7.15. The molecule has 0 spiro atoms. The van der Waals surface area contributed by atoms with E-state index in [-0.39, 0.29) is 29.6 Å². The van der Waals surface area contributed by atoms with Crippen LogP contribution >= 0.6 is 0 Å². The van der Waals surface area contributed by atoms with Crippen LogP contribution in [0.3, 0.4) is 0 Å². The number of nitrogens with zero attached hydrogens (tertiary/aromatic N) is 2. The van der Waals surface area contributed by atoms with Crippen molar-refractivity contribution in [2.24, 2.45) is 5.41 Å². The van der Waals surface area contributed by atoms with Crippen LogP contribution in [-0.2, 0) is 16.8 Å². The molecule has 1 fully saturated rings. The lowest BCUT2D eigenvalue weighted by atomic mass is 9.87. The van der Waals surface area contributed by atoms with E-state index in [0.717, 1.165) is 5.56 Å². The van der Waals surface area contributed by atoms with Crippen LogP contribution in [0.2, 0.25) is 0 Å². The van der Waals surface area contributed by atoms with Gasteiger partial charge in [0, 0.05) is 0 Å². The zero-order valence-electron chi connectivity index (χ0n) is 14.5. The fourth-order valence-corrected chi connectivity index (χ4v) is 3.50. The third kappa shape index (κ3) is 2.60. The standard InChI is InChI=1S/C19H18FN3O3/c1-18(2)11-19(18,12-5-7-13(20)8-6-12)17(24)21-10-15-22-16(26-23-15)14-4-3-9-25-14/h3-9H,10-11H2,1-2H3,(H,21,24). The highest BCUT2D eigenvalue weighted by atomic mass is 19.1. The van der Waals surface area contributed by atoms with E-state index < -0.39 is 5.41 Å². The molecular formula is C19H18FN3O3. The van der Waals surface area contributed by atoms with Gasteiger partial charge in [-0.15, -0.1) is 0 Å². The molecule has 1 saturated carbocycles. The number of benzene rings is 1. The third-order valence-electron chi connectivity index (χ3n) is 5.07. The Morgan fingerprint density at radius 2 is 2.00 bits per heavy atom. The maximum atomic E-state index is 13.2. The van der Waals surface area contributed by atoms with Gasteiger partial charge in [-0.25, -0.2) is 4.39 Å². The minimum Gasteiger partial charge on any atom is -0.459 e. The molecule has 0 aliphatic heterocycles. The number of rotatable bonds is 5. The monoisotopic (exact) mass is 355 g/mol. The minimum absolute atomic E-state index is 0.126. The van der Waals surface area contributed by atoms with Crippen molar-refractivity contribution in [3.8, 4) is 11.7 Å². The van der Waals surface area contributed by atoms with Gasteiger partial charge >= 0.3 is 0 Å². The molecule has 0 saturated heterocycles. The van der Waals surface area contributed by atoms with Crippen molar-refractivity contribution < 1.29 is 18.1 Å². The van der Waals surface area contributed by atoms with Crippen LogP contribution in [0.25, 0.3) is 11.7 Å². The van der Waals surface area contributed by atoms with Crippen molar-refractivity contribution >= 4 is 5.91 Å². The molecule has 1 amide bonds. The minimum atomic E-state index is -0.672. The van der Waals surface area contributed by atoms with Crippen LogP contribution in [0.15, 0.2) is 51.6 Å². The maximum Gasteiger partial charge on any atom is 0.293 e. The molecule has 0 bridgehead atoms. The summed E-state index contributed by atoms with van der Waals surface area (Å²) in [6.07, 6.45) is 2.21. The van der Waals surface area contributed by atoms with Crippen molar-refractivity contribution in [2.45, 2.75) is 32.2 Å². The van der Waals surface area contributed by atoms with Crippen LogP contribution in [0.1, 0.15) is 31.7 Å². The van der Waals surface area contributed by atoms with Gasteiger partial charge in [-0.05, 0) is 41.7 Å². The number of halogens is 1. The van der Waals surface area contributed by atoms with Gasteiger partial charge in [-0.1, -0.05) is 31.1 Å². The summed E-state index contributed by atoms with van der Waals surface area (Å²) in [5.41, 5.74) is -0.0643. The van der Waals surface area contributed by atoms with Crippen LogP contribution < -0.4 is 5.32 Å². The van der Waals surface area contributed by atoms with E-state index in [9.17, 15) is 9.18 Å². The molecule has 1 aliphatic rings. The van der Waals surface area contributed by atoms with Gasteiger partial charge in [0.05, 0.1) is 18.2 Å². The van der Waals surface area contributed by atoms with Gasteiger partial charge in [-0.2, -0.15) is 4.98 Å².